The number of hydrogen-bond acceptors (Lipinski definition) is 5. The molecule has 0 saturated carbocycles. The Hall–Kier alpha value is -4.73. The third-order valence-corrected chi connectivity index (χ3v) is 10.1. The van der Waals surface area contributed by atoms with Crippen molar-refractivity contribution in [1.29, 1.82) is 5.26 Å². The second-order valence-corrected chi connectivity index (χ2v) is 13.7. The number of pyridine rings is 1. The number of para-hydroxylation sites is 2. The van der Waals surface area contributed by atoms with Gasteiger partial charge in [0.15, 0.2) is 5.78 Å². The van der Waals surface area contributed by atoms with E-state index in [4.69, 9.17) is 5.26 Å². The molecule has 1 fully saturated rings. The molecule has 1 aliphatic heterocycles. The third-order valence-electron chi connectivity index (χ3n) is 9.50. The first-order chi connectivity index (χ1) is 22.3. The Bertz CT molecular complexity index is 2080. The van der Waals surface area contributed by atoms with Crippen LogP contribution in [0.1, 0.15) is 48.2 Å². The Morgan fingerprint density at radius 1 is 0.848 bits per heavy atom. The minimum atomic E-state index is 0.0371. The molecule has 46 heavy (non-hydrogen) atoms. The molecule has 6 heteroatoms. The highest BCUT2D eigenvalue weighted by molar-refractivity contribution is 9.10. The van der Waals surface area contributed by atoms with Crippen molar-refractivity contribution in [2.24, 2.45) is 5.41 Å². The van der Waals surface area contributed by atoms with Crippen LogP contribution in [-0.4, -0.2) is 36.9 Å². The second kappa shape index (κ2) is 12.2. The summed E-state index contributed by atoms with van der Waals surface area (Å²) in [4.78, 5) is 22.5. The fourth-order valence-corrected chi connectivity index (χ4v) is 7.65. The Labute approximate surface area is 278 Å². The lowest BCUT2D eigenvalue weighted by Gasteiger charge is -2.38. The zero-order valence-electron chi connectivity index (χ0n) is 26.1. The maximum absolute atomic E-state index is 13.5. The standard InChI is InChI=1S/C30H29BrN2O.C10H6N2/c1-30(2)12-6-9-23-24-11-10-20-17-22(18-26(31)28(20)29(24)27(34)19-25(23)30)33-15-13-32(14-16-33)21-7-4-3-5-8-21;11-6-8-5-9-3-1-2-4-10(9)12-7-8/h3-11,17-18H,12-16,19H2,1-2H3;1-5,7H. The van der Waals surface area contributed by atoms with E-state index >= 15 is 0 Å². The summed E-state index contributed by atoms with van der Waals surface area (Å²) in [5, 5.41) is 11.8. The van der Waals surface area contributed by atoms with Gasteiger partial charge < -0.3 is 9.80 Å². The highest BCUT2D eigenvalue weighted by Gasteiger charge is 2.35. The smallest absolute Gasteiger partial charge is 0.168 e. The number of allylic oxidation sites excluding steroid dienone is 4. The molecule has 5 nitrogen and oxygen atoms in total. The molecule has 2 aliphatic carbocycles. The second-order valence-electron chi connectivity index (χ2n) is 12.8. The number of piperazine rings is 1. The molecule has 0 atom stereocenters. The molecule has 0 radical (unpaired) electrons. The zero-order valence-corrected chi connectivity index (χ0v) is 27.7. The van der Waals surface area contributed by atoms with E-state index < -0.39 is 0 Å². The Balaban J connectivity index is 0.000000236. The minimum absolute atomic E-state index is 0.0371. The normalized spacial score (nSPS) is 16.9. The molecular weight excluding hydrogens is 632 g/mol. The Kier molecular flexibility index (Phi) is 7.96. The molecule has 0 amide bonds. The van der Waals surface area contributed by atoms with Crippen LogP contribution in [0.4, 0.5) is 11.4 Å². The summed E-state index contributed by atoms with van der Waals surface area (Å²) in [6.07, 6.45) is 7.59. The molecule has 0 N–H and O–H groups in total. The average molecular weight is 668 g/mol. The van der Waals surface area contributed by atoms with Gasteiger partial charge in [0.2, 0.25) is 0 Å². The number of Topliss-reactive ketones (excluding diaryl/α,β-unsaturated/α-hetero) is 1. The van der Waals surface area contributed by atoms with Crippen LogP contribution in [-0.2, 0) is 0 Å². The number of fused-ring (bicyclic) bond motifs is 5. The highest BCUT2D eigenvalue weighted by atomic mass is 79.9. The minimum Gasteiger partial charge on any atom is -0.368 e. The number of rotatable bonds is 2. The predicted octanol–water partition coefficient (Wildman–Crippen LogP) is 9.36. The van der Waals surface area contributed by atoms with Crippen molar-refractivity contribution in [2.45, 2.75) is 26.7 Å². The van der Waals surface area contributed by atoms with Crippen molar-refractivity contribution < 1.29 is 4.79 Å². The van der Waals surface area contributed by atoms with Crippen LogP contribution in [0.2, 0.25) is 0 Å². The van der Waals surface area contributed by atoms with Gasteiger partial charge >= 0.3 is 0 Å². The molecule has 5 aromatic rings. The van der Waals surface area contributed by atoms with Gasteiger partial charge in [-0.15, -0.1) is 0 Å². The maximum Gasteiger partial charge on any atom is 0.168 e. The van der Waals surface area contributed by atoms with Crippen LogP contribution in [0.25, 0.3) is 27.2 Å². The van der Waals surface area contributed by atoms with E-state index in [0.29, 0.717) is 12.0 Å². The van der Waals surface area contributed by atoms with Crippen molar-refractivity contribution in [2.75, 3.05) is 36.0 Å². The molecule has 228 valence electrons. The summed E-state index contributed by atoms with van der Waals surface area (Å²) < 4.78 is 1.01. The SMILES string of the molecule is CC1(C)CC=CC2=C1CC(=O)c1c2ccc2cc(N3CCN(c4ccccc4)CC3)cc(Br)c12.N#Cc1cnc2ccccc2c1. The van der Waals surface area contributed by atoms with Gasteiger partial charge in [0.25, 0.3) is 0 Å². The molecule has 0 spiro atoms. The van der Waals surface area contributed by atoms with Gasteiger partial charge in [0, 0.05) is 71.0 Å². The first-order valence-corrected chi connectivity index (χ1v) is 16.6. The quantitative estimate of drug-likeness (QED) is 0.188. The zero-order chi connectivity index (χ0) is 31.8. The van der Waals surface area contributed by atoms with Gasteiger partial charge in [-0.1, -0.05) is 90.5 Å². The van der Waals surface area contributed by atoms with Crippen molar-refractivity contribution in [3.05, 3.63) is 130 Å². The summed E-state index contributed by atoms with van der Waals surface area (Å²) >= 11 is 3.86. The molecule has 0 unspecified atom stereocenters. The van der Waals surface area contributed by atoms with Gasteiger partial charge in [-0.3, -0.25) is 9.78 Å². The van der Waals surface area contributed by atoms with Crippen LogP contribution in [0.5, 0.6) is 0 Å². The topological polar surface area (TPSA) is 60.2 Å². The molecule has 0 bridgehead atoms. The average Bonchev–Trinajstić information content (AvgIpc) is 3.09. The number of nitrogens with zero attached hydrogens (tertiary/aromatic N) is 4. The number of carbonyl (C=O) groups excluding carboxylic acids is 1. The molecule has 8 rings (SSSR count). The maximum atomic E-state index is 13.5. The number of aromatic nitrogens is 1. The Morgan fingerprint density at radius 3 is 2.33 bits per heavy atom. The van der Waals surface area contributed by atoms with Crippen LogP contribution in [0.3, 0.4) is 0 Å². The largest absolute Gasteiger partial charge is 0.368 e. The van der Waals surface area contributed by atoms with E-state index in [2.05, 4.69) is 117 Å². The number of halogens is 1. The molecule has 4 aromatic carbocycles. The van der Waals surface area contributed by atoms with Crippen molar-refractivity contribution >= 4 is 60.3 Å². The van der Waals surface area contributed by atoms with Crippen molar-refractivity contribution in [3.8, 4) is 6.07 Å². The summed E-state index contributed by atoms with van der Waals surface area (Å²) in [6.45, 7) is 8.47. The number of ketones is 1. The molecule has 3 aliphatic rings. The van der Waals surface area contributed by atoms with Gasteiger partial charge in [-0.05, 0) is 70.3 Å². The van der Waals surface area contributed by atoms with Gasteiger partial charge in [0.1, 0.15) is 6.07 Å². The van der Waals surface area contributed by atoms with Crippen molar-refractivity contribution in [3.63, 3.8) is 0 Å². The number of benzene rings is 4. The lowest BCUT2D eigenvalue weighted by Crippen LogP contribution is -2.46. The van der Waals surface area contributed by atoms with E-state index in [1.54, 1.807) is 6.20 Å². The van der Waals surface area contributed by atoms with Crippen LogP contribution >= 0.6 is 15.9 Å². The van der Waals surface area contributed by atoms with E-state index in [1.807, 2.05) is 30.3 Å². The number of nitriles is 1. The van der Waals surface area contributed by atoms with E-state index in [-0.39, 0.29) is 11.2 Å². The first-order valence-electron chi connectivity index (χ1n) is 15.8. The van der Waals surface area contributed by atoms with E-state index in [9.17, 15) is 4.79 Å². The molecular formula is C40H35BrN4O. The number of hydrogen-bond donors (Lipinski definition) is 0. The highest BCUT2D eigenvalue weighted by Crippen LogP contribution is 2.48. The molecule has 2 heterocycles. The summed E-state index contributed by atoms with van der Waals surface area (Å²) in [5.74, 6) is 0.243. The van der Waals surface area contributed by atoms with Gasteiger partial charge in [-0.25, -0.2) is 0 Å². The van der Waals surface area contributed by atoms with E-state index in [0.717, 1.165) is 69.9 Å². The summed E-state index contributed by atoms with van der Waals surface area (Å²) in [7, 11) is 0. The summed E-state index contributed by atoms with van der Waals surface area (Å²) in [6, 6.07) is 31.1. The fourth-order valence-electron chi connectivity index (χ4n) is 6.99. The predicted molar refractivity (Wildman–Crippen MR) is 192 cm³/mol. The number of carbonyl (C=O) groups is 1. The van der Waals surface area contributed by atoms with Crippen LogP contribution in [0.15, 0.2) is 113 Å². The van der Waals surface area contributed by atoms with Crippen LogP contribution < -0.4 is 9.80 Å². The molecule has 1 saturated heterocycles. The first kappa shape index (κ1) is 30.0. The molecule has 1 aromatic heterocycles. The number of anilines is 2. The lowest BCUT2D eigenvalue weighted by molar-refractivity contribution is 0.0985. The lowest BCUT2D eigenvalue weighted by atomic mass is 9.68. The van der Waals surface area contributed by atoms with Crippen molar-refractivity contribution in [1.82, 2.24) is 4.98 Å². The Morgan fingerprint density at radius 2 is 1.57 bits per heavy atom. The van der Waals surface area contributed by atoms with Crippen LogP contribution in [0, 0.1) is 16.7 Å². The van der Waals surface area contributed by atoms with Gasteiger partial charge in [0.05, 0.1) is 11.1 Å². The van der Waals surface area contributed by atoms with Gasteiger partial charge in [-0.2, -0.15) is 5.26 Å². The van der Waals surface area contributed by atoms with E-state index in [1.165, 1.54) is 22.5 Å². The monoisotopic (exact) mass is 666 g/mol. The third kappa shape index (κ3) is 5.61. The summed E-state index contributed by atoms with van der Waals surface area (Å²) in [5.41, 5.74) is 8.59. The fraction of sp³-hybridized carbons (Fsp3) is 0.225.